The van der Waals surface area contributed by atoms with Crippen LogP contribution < -0.4 is 0 Å². The van der Waals surface area contributed by atoms with Crippen molar-refractivity contribution in [2.45, 2.75) is 97.3 Å². The molecule has 0 aliphatic heterocycles. The van der Waals surface area contributed by atoms with Crippen LogP contribution in [0.25, 0.3) is 6.08 Å². The normalized spacial score (nSPS) is 11.6. The maximum Gasteiger partial charge on any atom is -0.0260 e. The van der Waals surface area contributed by atoms with Gasteiger partial charge in [-0.25, -0.2) is 0 Å². The van der Waals surface area contributed by atoms with Crippen molar-refractivity contribution in [1.29, 1.82) is 0 Å². The molecule has 0 nitrogen and oxygen atoms in total. The molecule has 0 N–H and O–H groups in total. The molecule has 0 saturated carbocycles. The van der Waals surface area contributed by atoms with Crippen LogP contribution >= 0.6 is 0 Å². The SMILES string of the molecule is CCCCCCC(CCCC=Cc1ccccc1)CCCCCC. The van der Waals surface area contributed by atoms with Crippen LogP contribution in [0, 0.1) is 5.92 Å². The van der Waals surface area contributed by atoms with Crippen LogP contribution in [0.3, 0.4) is 0 Å². The summed E-state index contributed by atoms with van der Waals surface area (Å²) in [5.74, 6) is 0.976. The smallest absolute Gasteiger partial charge is 0.0260 e. The van der Waals surface area contributed by atoms with E-state index in [0.717, 1.165) is 5.92 Å². The standard InChI is InChI=1S/C24H40/c1-3-5-7-11-17-23(18-12-8-6-4-2)19-13-9-14-20-24-21-15-10-16-22-24/h10,14-16,20-23H,3-9,11-13,17-19H2,1-2H3. The Labute approximate surface area is 151 Å². The predicted octanol–water partition coefficient (Wildman–Crippen LogP) is 8.43. The molecule has 0 bridgehead atoms. The Kier molecular flexibility index (Phi) is 13.6. The molecule has 1 aromatic carbocycles. The molecule has 0 saturated heterocycles. The zero-order chi connectivity index (χ0) is 17.3. The number of allylic oxidation sites excluding steroid dienone is 1. The largest absolute Gasteiger partial charge is 0.0839 e. The summed E-state index contributed by atoms with van der Waals surface area (Å²) in [4.78, 5) is 0. The Morgan fingerprint density at radius 3 is 1.88 bits per heavy atom. The fraction of sp³-hybridized carbons (Fsp3) is 0.667. The summed E-state index contributed by atoms with van der Waals surface area (Å²) in [6.07, 6.45) is 22.9. The fourth-order valence-electron chi connectivity index (χ4n) is 3.46. The Balaban J connectivity index is 2.22. The van der Waals surface area contributed by atoms with E-state index in [0.29, 0.717) is 0 Å². The zero-order valence-corrected chi connectivity index (χ0v) is 16.3. The van der Waals surface area contributed by atoms with Crippen LogP contribution in [-0.2, 0) is 0 Å². The van der Waals surface area contributed by atoms with Crippen molar-refractivity contribution in [3.8, 4) is 0 Å². The Morgan fingerprint density at radius 1 is 0.708 bits per heavy atom. The lowest BCUT2D eigenvalue weighted by Gasteiger charge is -2.16. The molecule has 0 atom stereocenters. The minimum Gasteiger partial charge on any atom is -0.0839 e. The summed E-state index contributed by atoms with van der Waals surface area (Å²) in [5.41, 5.74) is 1.33. The monoisotopic (exact) mass is 328 g/mol. The summed E-state index contributed by atoms with van der Waals surface area (Å²) in [6, 6.07) is 10.7. The molecule has 0 aromatic heterocycles. The van der Waals surface area contributed by atoms with Crippen LogP contribution in [0.1, 0.15) is 103 Å². The van der Waals surface area contributed by atoms with E-state index in [-0.39, 0.29) is 0 Å². The van der Waals surface area contributed by atoms with Crippen LogP contribution in [0.2, 0.25) is 0 Å². The highest BCUT2D eigenvalue weighted by Gasteiger charge is 2.08. The van der Waals surface area contributed by atoms with Crippen molar-refractivity contribution >= 4 is 6.08 Å². The second-order valence-corrected chi connectivity index (χ2v) is 7.31. The summed E-state index contributed by atoms with van der Waals surface area (Å²) >= 11 is 0. The Bertz CT molecular complexity index is 378. The van der Waals surface area contributed by atoms with E-state index in [9.17, 15) is 0 Å². The van der Waals surface area contributed by atoms with Crippen molar-refractivity contribution in [3.63, 3.8) is 0 Å². The molecular weight excluding hydrogens is 288 g/mol. The molecule has 1 aromatic rings. The lowest BCUT2D eigenvalue weighted by molar-refractivity contribution is 0.375. The molecule has 0 aliphatic rings. The van der Waals surface area contributed by atoms with Gasteiger partial charge in [-0.1, -0.05) is 127 Å². The van der Waals surface area contributed by atoms with E-state index in [1.165, 1.54) is 89.0 Å². The van der Waals surface area contributed by atoms with Crippen LogP contribution in [0.4, 0.5) is 0 Å². The van der Waals surface area contributed by atoms with Crippen LogP contribution in [0.5, 0.6) is 0 Å². The van der Waals surface area contributed by atoms with Crippen molar-refractivity contribution in [2.24, 2.45) is 5.92 Å². The molecule has 0 fully saturated rings. The maximum atomic E-state index is 2.36. The first-order chi connectivity index (χ1) is 11.9. The van der Waals surface area contributed by atoms with Gasteiger partial charge in [0.25, 0.3) is 0 Å². The van der Waals surface area contributed by atoms with E-state index in [1.807, 2.05) is 0 Å². The number of hydrogen-bond acceptors (Lipinski definition) is 0. The van der Waals surface area contributed by atoms with Gasteiger partial charge in [0.2, 0.25) is 0 Å². The average Bonchev–Trinajstić information content (AvgIpc) is 2.62. The lowest BCUT2D eigenvalue weighted by atomic mass is 9.90. The van der Waals surface area contributed by atoms with Crippen molar-refractivity contribution in [2.75, 3.05) is 0 Å². The first-order valence-electron chi connectivity index (χ1n) is 10.6. The lowest BCUT2D eigenvalue weighted by Crippen LogP contribution is -2.01. The molecule has 0 radical (unpaired) electrons. The Hall–Kier alpha value is -1.04. The second kappa shape index (κ2) is 15.5. The molecule has 0 amide bonds. The molecule has 0 heteroatoms. The molecule has 0 heterocycles. The van der Waals surface area contributed by atoms with Gasteiger partial charge in [-0.15, -0.1) is 0 Å². The van der Waals surface area contributed by atoms with E-state index in [2.05, 4.69) is 56.3 Å². The van der Waals surface area contributed by atoms with Crippen molar-refractivity contribution in [1.82, 2.24) is 0 Å². The van der Waals surface area contributed by atoms with E-state index >= 15 is 0 Å². The van der Waals surface area contributed by atoms with Gasteiger partial charge in [0.05, 0.1) is 0 Å². The summed E-state index contributed by atoms with van der Waals surface area (Å²) < 4.78 is 0. The first kappa shape index (κ1) is 21.0. The predicted molar refractivity (Wildman–Crippen MR) is 110 cm³/mol. The van der Waals surface area contributed by atoms with Gasteiger partial charge in [0.15, 0.2) is 0 Å². The molecule has 1 rings (SSSR count). The molecule has 0 spiro atoms. The minimum absolute atomic E-state index is 0.976. The van der Waals surface area contributed by atoms with Gasteiger partial charge < -0.3 is 0 Å². The van der Waals surface area contributed by atoms with E-state index < -0.39 is 0 Å². The third-order valence-corrected chi connectivity index (χ3v) is 5.02. The summed E-state index contributed by atoms with van der Waals surface area (Å²) in [7, 11) is 0. The van der Waals surface area contributed by atoms with Crippen molar-refractivity contribution in [3.05, 3.63) is 42.0 Å². The molecule has 136 valence electrons. The number of unbranched alkanes of at least 4 members (excludes halogenated alkanes) is 7. The summed E-state index contributed by atoms with van der Waals surface area (Å²) in [5, 5.41) is 0. The van der Waals surface area contributed by atoms with Crippen LogP contribution in [-0.4, -0.2) is 0 Å². The molecular formula is C24H40. The third-order valence-electron chi connectivity index (χ3n) is 5.02. The number of benzene rings is 1. The van der Waals surface area contributed by atoms with Gasteiger partial charge in [0.1, 0.15) is 0 Å². The molecule has 24 heavy (non-hydrogen) atoms. The molecule has 0 unspecified atom stereocenters. The van der Waals surface area contributed by atoms with Gasteiger partial charge in [-0.05, 0) is 24.3 Å². The third kappa shape index (κ3) is 11.5. The second-order valence-electron chi connectivity index (χ2n) is 7.31. The fourth-order valence-corrected chi connectivity index (χ4v) is 3.46. The average molecular weight is 329 g/mol. The zero-order valence-electron chi connectivity index (χ0n) is 16.3. The highest BCUT2D eigenvalue weighted by atomic mass is 14.1. The van der Waals surface area contributed by atoms with E-state index in [1.54, 1.807) is 0 Å². The van der Waals surface area contributed by atoms with E-state index in [4.69, 9.17) is 0 Å². The van der Waals surface area contributed by atoms with Gasteiger partial charge >= 0.3 is 0 Å². The minimum atomic E-state index is 0.976. The maximum absolute atomic E-state index is 2.36. The first-order valence-corrected chi connectivity index (χ1v) is 10.6. The topological polar surface area (TPSA) is 0 Å². The molecule has 0 aliphatic carbocycles. The number of rotatable bonds is 15. The van der Waals surface area contributed by atoms with Gasteiger partial charge in [-0.3, -0.25) is 0 Å². The Morgan fingerprint density at radius 2 is 1.29 bits per heavy atom. The highest BCUT2D eigenvalue weighted by molar-refractivity contribution is 5.48. The van der Waals surface area contributed by atoms with Crippen LogP contribution in [0.15, 0.2) is 36.4 Å². The quantitative estimate of drug-likeness (QED) is 0.283. The van der Waals surface area contributed by atoms with Gasteiger partial charge in [0, 0.05) is 0 Å². The van der Waals surface area contributed by atoms with Crippen molar-refractivity contribution < 1.29 is 0 Å². The number of hydrogen-bond donors (Lipinski definition) is 0. The summed E-state index contributed by atoms with van der Waals surface area (Å²) in [6.45, 7) is 4.61. The van der Waals surface area contributed by atoms with Gasteiger partial charge in [-0.2, -0.15) is 0 Å². The highest BCUT2D eigenvalue weighted by Crippen LogP contribution is 2.23.